The quantitative estimate of drug-likeness (QED) is 0.612. The third-order valence-corrected chi connectivity index (χ3v) is 6.36. The first-order valence-corrected chi connectivity index (χ1v) is 11.7. The molecule has 2 aromatic carbocycles. The number of nitrogens with one attached hydrogen (secondary N) is 1. The summed E-state index contributed by atoms with van der Waals surface area (Å²) in [5.41, 5.74) is 6.23. The Morgan fingerprint density at radius 1 is 0.879 bits per heavy atom. The fraction of sp³-hybridized carbons (Fsp3) is 0.370. The Labute approximate surface area is 195 Å². The number of aryl methyl sites for hydroxylation is 2. The molecule has 0 aliphatic carbocycles. The zero-order valence-corrected chi connectivity index (χ0v) is 19.7. The summed E-state index contributed by atoms with van der Waals surface area (Å²) in [6.45, 7) is 8.58. The zero-order valence-electron chi connectivity index (χ0n) is 19.7. The molecule has 33 heavy (non-hydrogen) atoms. The Balaban J connectivity index is 1.38. The largest absolute Gasteiger partial charge is 0.348 e. The predicted molar refractivity (Wildman–Crippen MR) is 129 cm³/mol. The lowest BCUT2D eigenvalue weighted by molar-refractivity contribution is 0.0724. The highest BCUT2D eigenvalue weighted by Crippen LogP contribution is 2.17. The highest BCUT2D eigenvalue weighted by molar-refractivity contribution is 5.96. The van der Waals surface area contributed by atoms with Gasteiger partial charge in [-0.2, -0.15) is 5.10 Å². The molecule has 2 amide bonds. The molecular weight excluding hydrogens is 412 g/mol. The standard InChI is InChI=1S/C27H32N4O2/c1-19-7-9-23(10-8-19)18-31-21(3)25(20(2)29-31)26(32)28-17-22-11-13-24(14-12-22)27(33)30-15-5-4-6-16-30/h7-14H,4-6,15-18H2,1-3H3,(H,28,32). The lowest BCUT2D eigenvalue weighted by Crippen LogP contribution is -2.35. The van der Waals surface area contributed by atoms with Crippen molar-refractivity contribution in [2.75, 3.05) is 13.1 Å². The number of benzene rings is 2. The average Bonchev–Trinajstić information content (AvgIpc) is 3.12. The van der Waals surface area contributed by atoms with Gasteiger partial charge in [0.25, 0.3) is 11.8 Å². The number of nitrogens with zero attached hydrogens (tertiary/aromatic N) is 3. The number of carbonyl (C=O) groups excluding carboxylic acids is 2. The van der Waals surface area contributed by atoms with Gasteiger partial charge in [-0.1, -0.05) is 42.0 Å². The van der Waals surface area contributed by atoms with Gasteiger partial charge >= 0.3 is 0 Å². The molecule has 6 heteroatoms. The van der Waals surface area contributed by atoms with Gasteiger partial charge < -0.3 is 10.2 Å². The lowest BCUT2D eigenvalue weighted by Gasteiger charge is -2.26. The average molecular weight is 445 g/mol. The van der Waals surface area contributed by atoms with Gasteiger partial charge in [-0.25, -0.2) is 0 Å². The SMILES string of the molecule is Cc1ccc(Cn2nc(C)c(C(=O)NCc3ccc(C(=O)N4CCCCC4)cc3)c2C)cc1. The molecular formula is C27H32N4O2. The summed E-state index contributed by atoms with van der Waals surface area (Å²) < 4.78 is 1.88. The van der Waals surface area contributed by atoms with Gasteiger partial charge in [-0.3, -0.25) is 14.3 Å². The number of hydrogen-bond acceptors (Lipinski definition) is 3. The van der Waals surface area contributed by atoms with E-state index >= 15 is 0 Å². The molecule has 172 valence electrons. The third kappa shape index (κ3) is 5.33. The van der Waals surface area contributed by atoms with Crippen molar-refractivity contribution < 1.29 is 9.59 Å². The smallest absolute Gasteiger partial charge is 0.255 e. The fourth-order valence-electron chi connectivity index (χ4n) is 4.36. The second-order valence-electron chi connectivity index (χ2n) is 8.92. The van der Waals surface area contributed by atoms with Crippen molar-refractivity contribution in [1.29, 1.82) is 0 Å². The molecule has 0 radical (unpaired) electrons. The zero-order chi connectivity index (χ0) is 23.4. The van der Waals surface area contributed by atoms with Crippen LogP contribution in [0.5, 0.6) is 0 Å². The van der Waals surface area contributed by atoms with E-state index in [1.165, 1.54) is 12.0 Å². The van der Waals surface area contributed by atoms with Crippen molar-refractivity contribution in [3.8, 4) is 0 Å². The highest BCUT2D eigenvalue weighted by atomic mass is 16.2. The molecule has 0 atom stereocenters. The Morgan fingerprint density at radius 3 is 2.18 bits per heavy atom. The Hall–Kier alpha value is -3.41. The van der Waals surface area contributed by atoms with E-state index in [-0.39, 0.29) is 11.8 Å². The number of hydrogen-bond donors (Lipinski definition) is 1. The number of rotatable bonds is 6. The monoisotopic (exact) mass is 444 g/mol. The number of likely N-dealkylation sites (tertiary alicyclic amines) is 1. The van der Waals surface area contributed by atoms with Crippen molar-refractivity contribution in [2.45, 2.75) is 53.1 Å². The summed E-state index contributed by atoms with van der Waals surface area (Å²) in [5, 5.41) is 7.60. The van der Waals surface area contributed by atoms with Crippen molar-refractivity contribution in [3.63, 3.8) is 0 Å². The van der Waals surface area contributed by atoms with Crippen LogP contribution in [0.15, 0.2) is 48.5 Å². The highest BCUT2D eigenvalue weighted by Gasteiger charge is 2.20. The van der Waals surface area contributed by atoms with E-state index in [1.807, 2.05) is 47.7 Å². The van der Waals surface area contributed by atoms with Crippen LogP contribution in [0.2, 0.25) is 0 Å². The molecule has 1 saturated heterocycles. The maximum Gasteiger partial charge on any atom is 0.255 e. The fourth-order valence-corrected chi connectivity index (χ4v) is 4.36. The summed E-state index contributed by atoms with van der Waals surface area (Å²) in [6.07, 6.45) is 3.36. The van der Waals surface area contributed by atoms with E-state index in [1.54, 1.807) is 0 Å². The van der Waals surface area contributed by atoms with Gasteiger partial charge in [0.05, 0.1) is 17.8 Å². The Kier molecular flexibility index (Phi) is 6.92. The van der Waals surface area contributed by atoms with E-state index < -0.39 is 0 Å². The van der Waals surface area contributed by atoms with Crippen LogP contribution in [0.1, 0.15) is 68.1 Å². The van der Waals surface area contributed by atoms with Crippen molar-refractivity contribution in [2.24, 2.45) is 0 Å². The van der Waals surface area contributed by atoms with Crippen LogP contribution in [0, 0.1) is 20.8 Å². The topological polar surface area (TPSA) is 67.2 Å². The Bertz CT molecular complexity index is 1120. The molecule has 6 nitrogen and oxygen atoms in total. The van der Waals surface area contributed by atoms with Gasteiger partial charge in [0.2, 0.25) is 0 Å². The molecule has 2 heterocycles. The molecule has 1 aliphatic heterocycles. The lowest BCUT2D eigenvalue weighted by atomic mass is 10.1. The van der Waals surface area contributed by atoms with Crippen molar-refractivity contribution in [1.82, 2.24) is 20.0 Å². The van der Waals surface area contributed by atoms with Crippen molar-refractivity contribution >= 4 is 11.8 Å². The predicted octanol–water partition coefficient (Wildman–Crippen LogP) is 4.41. The van der Waals surface area contributed by atoms with Crippen LogP contribution in [-0.4, -0.2) is 39.6 Å². The molecule has 0 spiro atoms. The summed E-state index contributed by atoms with van der Waals surface area (Å²) >= 11 is 0. The molecule has 4 rings (SSSR count). The number of amides is 2. The van der Waals surface area contributed by atoms with E-state index in [0.717, 1.165) is 48.4 Å². The van der Waals surface area contributed by atoms with E-state index in [4.69, 9.17) is 0 Å². The van der Waals surface area contributed by atoms with Crippen LogP contribution < -0.4 is 5.32 Å². The summed E-state index contributed by atoms with van der Waals surface area (Å²) in [7, 11) is 0. The van der Waals surface area contributed by atoms with Crippen LogP contribution in [0.4, 0.5) is 0 Å². The van der Waals surface area contributed by atoms with Gasteiger partial charge in [0.1, 0.15) is 0 Å². The van der Waals surface area contributed by atoms with Crippen molar-refractivity contribution in [3.05, 3.63) is 87.7 Å². The van der Waals surface area contributed by atoms with Gasteiger partial charge in [-0.15, -0.1) is 0 Å². The van der Waals surface area contributed by atoms with Gasteiger partial charge in [0, 0.05) is 30.9 Å². The summed E-state index contributed by atoms with van der Waals surface area (Å²) in [6, 6.07) is 15.9. The van der Waals surface area contributed by atoms with E-state index in [2.05, 4.69) is 41.6 Å². The molecule has 0 bridgehead atoms. The third-order valence-electron chi connectivity index (χ3n) is 6.36. The number of carbonyl (C=O) groups is 2. The maximum atomic E-state index is 12.9. The van der Waals surface area contributed by atoms with Crippen LogP contribution >= 0.6 is 0 Å². The molecule has 1 fully saturated rings. The first-order chi connectivity index (χ1) is 15.9. The normalized spacial score (nSPS) is 13.7. The second kappa shape index (κ2) is 10.0. The van der Waals surface area contributed by atoms with Crippen LogP contribution in [-0.2, 0) is 13.1 Å². The number of piperidine rings is 1. The minimum Gasteiger partial charge on any atom is -0.348 e. The second-order valence-corrected chi connectivity index (χ2v) is 8.92. The van der Waals surface area contributed by atoms with Gasteiger partial charge in [0.15, 0.2) is 0 Å². The Morgan fingerprint density at radius 2 is 1.52 bits per heavy atom. The van der Waals surface area contributed by atoms with E-state index in [0.29, 0.717) is 24.2 Å². The minimum atomic E-state index is -0.131. The summed E-state index contributed by atoms with van der Waals surface area (Å²) in [4.78, 5) is 27.5. The van der Waals surface area contributed by atoms with Crippen LogP contribution in [0.25, 0.3) is 0 Å². The first kappa shape index (κ1) is 22.8. The minimum absolute atomic E-state index is 0.0949. The van der Waals surface area contributed by atoms with Gasteiger partial charge in [-0.05, 0) is 63.3 Å². The molecule has 0 saturated carbocycles. The molecule has 3 aromatic rings. The molecule has 1 aromatic heterocycles. The number of aromatic nitrogens is 2. The molecule has 0 unspecified atom stereocenters. The molecule has 1 N–H and O–H groups in total. The molecule has 1 aliphatic rings. The summed E-state index contributed by atoms with van der Waals surface area (Å²) in [5.74, 6) is -0.0360. The van der Waals surface area contributed by atoms with E-state index in [9.17, 15) is 9.59 Å². The maximum absolute atomic E-state index is 12.9. The first-order valence-electron chi connectivity index (χ1n) is 11.7. The van der Waals surface area contributed by atoms with Crippen LogP contribution in [0.3, 0.4) is 0 Å².